The Labute approximate surface area is 193 Å². The molecule has 0 atom stereocenters. The van der Waals surface area contributed by atoms with Gasteiger partial charge in [-0.15, -0.1) is 0 Å². The third-order valence-electron chi connectivity index (χ3n) is 5.68. The highest BCUT2D eigenvalue weighted by atomic mass is 19.1. The van der Waals surface area contributed by atoms with E-state index in [2.05, 4.69) is 26.8 Å². The quantitative estimate of drug-likeness (QED) is 0.472. The lowest BCUT2D eigenvalue weighted by atomic mass is 10.0. The van der Waals surface area contributed by atoms with Gasteiger partial charge in [-0.2, -0.15) is 0 Å². The SMILES string of the molecule is C=CC(=O)Cc1cccc(-c2nc(Nc3ccc(OC)c(N4CCCCC4)c3)ncc2F)c1. The van der Waals surface area contributed by atoms with Crippen LogP contribution in [0, 0.1) is 5.82 Å². The molecule has 1 aromatic heterocycles. The number of carbonyl (C=O) groups excluding carboxylic acids is 1. The number of hydrogen-bond donors (Lipinski definition) is 1. The Morgan fingerprint density at radius 3 is 2.79 bits per heavy atom. The van der Waals surface area contributed by atoms with E-state index >= 15 is 0 Å². The number of carbonyl (C=O) groups is 1. The molecule has 0 bridgehead atoms. The molecule has 1 N–H and O–H groups in total. The van der Waals surface area contributed by atoms with Gasteiger partial charge in [0.05, 0.1) is 19.0 Å². The summed E-state index contributed by atoms with van der Waals surface area (Å²) in [6.45, 7) is 5.48. The molecule has 1 aliphatic heterocycles. The van der Waals surface area contributed by atoms with Gasteiger partial charge in [0, 0.05) is 30.8 Å². The smallest absolute Gasteiger partial charge is 0.227 e. The lowest BCUT2D eigenvalue weighted by molar-refractivity contribution is -0.114. The summed E-state index contributed by atoms with van der Waals surface area (Å²) in [4.78, 5) is 22.6. The van der Waals surface area contributed by atoms with Crippen molar-refractivity contribution >= 4 is 23.1 Å². The number of ketones is 1. The first kappa shape index (κ1) is 22.5. The van der Waals surface area contributed by atoms with Crippen LogP contribution in [0.1, 0.15) is 24.8 Å². The van der Waals surface area contributed by atoms with E-state index in [9.17, 15) is 9.18 Å². The predicted octanol–water partition coefficient (Wildman–Crippen LogP) is 5.32. The lowest BCUT2D eigenvalue weighted by Crippen LogP contribution is -2.29. The van der Waals surface area contributed by atoms with E-state index in [1.807, 2.05) is 24.3 Å². The zero-order valence-electron chi connectivity index (χ0n) is 18.7. The second-order valence-corrected chi connectivity index (χ2v) is 8.00. The van der Waals surface area contributed by atoms with Crippen molar-refractivity contribution in [1.82, 2.24) is 9.97 Å². The number of ether oxygens (including phenoxy) is 1. The van der Waals surface area contributed by atoms with Crippen LogP contribution >= 0.6 is 0 Å². The molecule has 0 spiro atoms. The molecular weight excluding hydrogens is 419 g/mol. The summed E-state index contributed by atoms with van der Waals surface area (Å²) in [5.41, 5.74) is 3.33. The summed E-state index contributed by atoms with van der Waals surface area (Å²) in [6, 6.07) is 12.9. The molecule has 7 heteroatoms. The number of aromatic nitrogens is 2. The van der Waals surface area contributed by atoms with Gasteiger partial charge in [0.2, 0.25) is 5.95 Å². The minimum Gasteiger partial charge on any atom is -0.495 e. The summed E-state index contributed by atoms with van der Waals surface area (Å²) in [5.74, 6) is 0.473. The van der Waals surface area contributed by atoms with Gasteiger partial charge in [-0.05, 0) is 55.2 Å². The Morgan fingerprint density at radius 1 is 1.21 bits per heavy atom. The highest BCUT2D eigenvalue weighted by Gasteiger charge is 2.17. The van der Waals surface area contributed by atoms with E-state index in [4.69, 9.17) is 4.74 Å². The number of nitrogens with one attached hydrogen (secondary N) is 1. The van der Waals surface area contributed by atoms with E-state index in [0.29, 0.717) is 5.56 Å². The maximum absolute atomic E-state index is 14.6. The van der Waals surface area contributed by atoms with Gasteiger partial charge in [0.25, 0.3) is 0 Å². The van der Waals surface area contributed by atoms with Crippen LogP contribution < -0.4 is 15.0 Å². The molecule has 0 amide bonds. The number of piperidine rings is 1. The Balaban J connectivity index is 1.60. The molecule has 1 fully saturated rings. The number of halogens is 1. The van der Waals surface area contributed by atoms with Gasteiger partial charge < -0.3 is 15.0 Å². The monoisotopic (exact) mass is 446 g/mol. The van der Waals surface area contributed by atoms with E-state index in [0.717, 1.165) is 54.8 Å². The van der Waals surface area contributed by atoms with Crippen LogP contribution in [0.5, 0.6) is 5.75 Å². The Hall–Kier alpha value is -3.74. The van der Waals surface area contributed by atoms with Crippen molar-refractivity contribution in [2.75, 3.05) is 30.4 Å². The summed E-state index contributed by atoms with van der Waals surface area (Å²) in [7, 11) is 1.67. The van der Waals surface area contributed by atoms with E-state index < -0.39 is 5.82 Å². The molecule has 0 unspecified atom stereocenters. The van der Waals surface area contributed by atoms with Crippen molar-refractivity contribution in [1.29, 1.82) is 0 Å². The molecule has 1 saturated heterocycles. The average Bonchev–Trinajstić information content (AvgIpc) is 2.85. The molecule has 4 rings (SSSR count). The first-order valence-electron chi connectivity index (χ1n) is 11.0. The average molecular weight is 447 g/mol. The van der Waals surface area contributed by atoms with Gasteiger partial charge >= 0.3 is 0 Å². The number of nitrogens with zero attached hydrogens (tertiary/aromatic N) is 3. The van der Waals surface area contributed by atoms with Crippen LogP contribution in [-0.4, -0.2) is 36.0 Å². The molecule has 2 heterocycles. The summed E-state index contributed by atoms with van der Waals surface area (Å²) >= 11 is 0. The highest BCUT2D eigenvalue weighted by molar-refractivity contribution is 5.91. The van der Waals surface area contributed by atoms with Crippen molar-refractivity contribution < 1.29 is 13.9 Å². The van der Waals surface area contributed by atoms with Crippen molar-refractivity contribution in [3.63, 3.8) is 0 Å². The number of benzene rings is 2. The fraction of sp³-hybridized carbons (Fsp3) is 0.269. The predicted molar refractivity (Wildman–Crippen MR) is 129 cm³/mol. The first-order chi connectivity index (χ1) is 16.1. The summed E-state index contributed by atoms with van der Waals surface area (Å²) < 4.78 is 20.2. The molecule has 33 heavy (non-hydrogen) atoms. The number of rotatable bonds is 8. The molecule has 0 radical (unpaired) electrons. The number of allylic oxidation sites excluding steroid dienone is 1. The second-order valence-electron chi connectivity index (χ2n) is 8.00. The molecule has 2 aromatic carbocycles. The minimum absolute atomic E-state index is 0.0957. The molecule has 6 nitrogen and oxygen atoms in total. The third-order valence-corrected chi connectivity index (χ3v) is 5.68. The Bertz CT molecular complexity index is 1160. The van der Waals surface area contributed by atoms with Crippen molar-refractivity contribution in [2.24, 2.45) is 0 Å². The topological polar surface area (TPSA) is 67.3 Å². The van der Waals surface area contributed by atoms with Gasteiger partial charge in [-0.1, -0.05) is 24.8 Å². The highest BCUT2D eigenvalue weighted by Crippen LogP contribution is 2.34. The molecule has 1 aliphatic rings. The van der Waals surface area contributed by atoms with Crippen molar-refractivity contribution in [3.05, 3.63) is 72.7 Å². The van der Waals surface area contributed by atoms with E-state index in [1.54, 1.807) is 25.3 Å². The number of anilines is 3. The minimum atomic E-state index is -0.531. The molecule has 0 saturated carbocycles. The zero-order chi connectivity index (χ0) is 23.2. The van der Waals surface area contributed by atoms with Crippen LogP contribution in [-0.2, 0) is 11.2 Å². The van der Waals surface area contributed by atoms with Crippen molar-refractivity contribution in [2.45, 2.75) is 25.7 Å². The lowest BCUT2D eigenvalue weighted by Gasteiger charge is -2.30. The number of hydrogen-bond acceptors (Lipinski definition) is 6. The second kappa shape index (κ2) is 10.3. The third kappa shape index (κ3) is 5.37. The molecule has 170 valence electrons. The van der Waals surface area contributed by atoms with Crippen LogP contribution in [0.3, 0.4) is 0 Å². The van der Waals surface area contributed by atoms with E-state index in [-0.39, 0.29) is 23.8 Å². The summed E-state index contributed by atoms with van der Waals surface area (Å²) in [6.07, 6.45) is 6.20. The van der Waals surface area contributed by atoms with Crippen LogP contribution in [0.2, 0.25) is 0 Å². The van der Waals surface area contributed by atoms with Gasteiger partial charge in [0.15, 0.2) is 11.6 Å². The normalized spacial score (nSPS) is 13.5. The van der Waals surface area contributed by atoms with Crippen molar-refractivity contribution in [3.8, 4) is 17.0 Å². The standard InChI is InChI=1S/C26H27FN4O2/c1-3-21(32)15-18-8-7-9-19(14-18)25-22(27)17-28-26(30-25)29-20-10-11-24(33-2)23(16-20)31-12-5-4-6-13-31/h3,7-11,14,16-17H,1,4-6,12-13,15H2,2H3,(H,28,29,30). The zero-order valence-corrected chi connectivity index (χ0v) is 18.7. The largest absolute Gasteiger partial charge is 0.495 e. The maximum atomic E-state index is 14.6. The van der Waals surface area contributed by atoms with E-state index in [1.165, 1.54) is 12.5 Å². The Morgan fingerprint density at radius 2 is 2.03 bits per heavy atom. The van der Waals surface area contributed by atoms with Crippen LogP contribution in [0.25, 0.3) is 11.3 Å². The van der Waals surface area contributed by atoms with Gasteiger partial charge in [-0.3, -0.25) is 4.79 Å². The van der Waals surface area contributed by atoms with Crippen LogP contribution in [0.4, 0.5) is 21.7 Å². The fourth-order valence-corrected chi connectivity index (χ4v) is 4.01. The molecule has 3 aromatic rings. The number of methoxy groups -OCH3 is 1. The Kier molecular flexibility index (Phi) is 6.98. The van der Waals surface area contributed by atoms with Crippen LogP contribution in [0.15, 0.2) is 61.3 Å². The van der Waals surface area contributed by atoms with Gasteiger partial charge in [0.1, 0.15) is 11.4 Å². The fourth-order valence-electron chi connectivity index (χ4n) is 4.01. The molecule has 0 aliphatic carbocycles. The maximum Gasteiger partial charge on any atom is 0.227 e. The summed E-state index contributed by atoms with van der Waals surface area (Å²) in [5, 5.41) is 3.19. The molecular formula is C26H27FN4O2. The first-order valence-corrected chi connectivity index (χ1v) is 11.0. The van der Waals surface area contributed by atoms with Gasteiger partial charge in [-0.25, -0.2) is 14.4 Å².